The van der Waals surface area contributed by atoms with E-state index in [-0.39, 0.29) is 19.0 Å². The van der Waals surface area contributed by atoms with E-state index < -0.39 is 11.8 Å². The third-order valence-electron chi connectivity index (χ3n) is 5.18. The van der Waals surface area contributed by atoms with Crippen LogP contribution in [0.5, 0.6) is 0 Å². The van der Waals surface area contributed by atoms with Gasteiger partial charge < -0.3 is 16.4 Å². The van der Waals surface area contributed by atoms with Crippen LogP contribution < -0.4 is 16.4 Å². The number of hydrogen-bond donors (Lipinski definition) is 3. The van der Waals surface area contributed by atoms with Crippen LogP contribution in [0.25, 0.3) is 16.9 Å². The molecule has 176 valence electrons. The summed E-state index contributed by atoms with van der Waals surface area (Å²) in [5.74, 6) is -1.32. The average molecular weight is 488 g/mol. The summed E-state index contributed by atoms with van der Waals surface area (Å²) in [4.78, 5) is 36.0. The number of rotatable bonds is 8. The molecule has 0 fully saturated rings. The number of primary amides is 1. The van der Waals surface area contributed by atoms with Gasteiger partial charge in [0, 0.05) is 22.7 Å². The van der Waals surface area contributed by atoms with Crippen molar-refractivity contribution in [2.45, 2.75) is 6.54 Å². The molecule has 4 rings (SSSR count). The van der Waals surface area contributed by atoms with Gasteiger partial charge in [-0.2, -0.15) is 5.10 Å². The first-order valence-electron chi connectivity index (χ1n) is 10.8. The van der Waals surface area contributed by atoms with Gasteiger partial charge >= 0.3 is 0 Å². The number of benzene rings is 3. The highest BCUT2D eigenvalue weighted by atomic mass is 35.5. The monoisotopic (exact) mass is 487 g/mol. The van der Waals surface area contributed by atoms with E-state index in [4.69, 9.17) is 17.3 Å². The van der Waals surface area contributed by atoms with Gasteiger partial charge in [0.25, 0.3) is 11.8 Å². The molecule has 35 heavy (non-hydrogen) atoms. The third-order valence-corrected chi connectivity index (χ3v) is 5.43. The quantitative estimate of drug-likeness (QED) is 0.353. The Morgan fingerprint density at radius 3 is 2.20 bits per heavy atom. The molecule has 0 atom stereocenters. The zero-order valence-electron chi connectivity index (χ0n) is 18.6. The van der Waals surface area contributed by atoms with E-state index in [2.05, 4.69) is 15.7 Å². The van der Waals surface area contributed by atoms with Crippen molar-refractivity contribution >= 4 is 29.3 Å². The zero-order valence-corrected chi connectivity index (χ0v) is 19.3. The number of nitrogens with zero attached hydrogens (tertiary/aromatic N) is 2. The predicted octanol–water partition coefficient (Wildman–Crippen LogP) is 3.34. The Balaban J connectivity index is 1.51. The Morgan fingerprint density at radius 1 is 0.857 bits per heavy atom. The van der Waals surface area contributed by atoms with Crippen LogP contribution >= 0.6 is 11.6 Å². The number of nitrogens with two attached hydrogens (primary N) is 1. The van der Waals surface area contributed by atoms with Gasteiger partial charge in [-0.1, -0.05) is 54.1 Å². The number of halogens is 1. The van der Waals surface area contributed by atoms with Crippen molar-refractivity contribution in [3.63, 3.8) is 0 Å². The van der Waals surface area contributed by atoms with Crippen LogP contribution in [-0.4, -0.2) is 34.0 Å². The standard InChI is InChI=1S/C26H22ClN5O3/c27-20-12-10-18(11-13-20)22-14-23(32(31-22)21-4-2-1-3-5-21)26(35)29-15-17-6-8-19(9-7-17)25(34)30-16-24(28)33/h1-14H,15-16H2,(H2,28,33)(H,29,35)(H,30,34). The van der Waals surface area contributed by atoms with Gasteiger partial charge in [-0.3, -0.25) is 14.4 Å². The molecular weight excluding hydrogens is 466 g/mol. The molecule has 1 aromatic heterocycles. The van der Waals surface area contributed by atoms with Gasteiger partial charge in [0.2, 0.25) is 5.91 Å². The molecular formula is C26H22ClN5O3. The molecule has 3 amide bonds. The van der Waals surface area contributed by atoms with Gasteiger partial charge in [-0.05, 0) is 48.0 Å². The highest BCUT2D eigenvalue weighted by molar-refractivity contribution is 6.30. The summed E-state index contributed by atoms with van der Waals surface area (Å²) in [6.45, 7) is 0.0159. The van der Waals surface area contributed by atoms with Crippen LogP contribution in [0.1, 0.15) is 26.4 Å². The third kappa shape index (κ3) is 5.93. The number of carbonyl (C=O) groups excluding carboxylic acids is 3. The normalized spacial score (nSPS) is 10.5. The molecule has 0 radical (unpaired) electrons. The summed E-state index contributed by atoms with van der Waals surface area (Å²) in [6.07, 6.45) is 0. The fourth-order valence-corrected chi connectivity index (χ4v) is 3.51. The number of hydrogen-bond acceptors (Lipinski definition) is 4. The van der Waals surface area contributed by atoms with Crippen molar-refractivity contribution in [2.75, 3.05) is 6.54 Å². The minimum atomic E-state index is -0.619. The second-order valence-electron chi connectivity index (χ2n) is 7.70. The van der Waals surface area contributed by atoms with Gasteiger partial charge in [0.1, 0.15) is 5.69 Å². The second kappa shape index (κ2) is 10.7. The molecule has 0 aliphatic carbocycles. The molecule has 0 bridgehead atoms. The Bertz CT molecular complexity index is 1350. The molecule has 4 N–H and O–H groups in total. The molecule has 8 nitrogen and oxygen atoms in total. The van der Waals surface area contributed by atoms with Crippen LogP contribution in [0.15, 0.2) is 84.9 Å². The van der Waals surface area contributed by atoms with Gasteiger partial charge in [0.15, 0.2) is 0 Å². The van der Waals surface area contributed by atoms with Crippen LogP contribution in [0, 0.1) is 0 Å². The molecule has 4 aromatic rings. The molecule has 0 aliphatic heterocycles. The summed E-state index contributed by atoms with van der Waals surface area (Å²) in [6, 6.07) is 25.1. The van der Waals surface area contributed by atoms with E-state index in [0.29, 0.717) is 22.0 Å². The zero-order chi connectivity index (χ0) is 24.8. The van der Waals surface area contributed by atoms with Crippen molar-refractivity contribution in [3.05, 3.63) is 107 Å². The van der Waals surface area contributed by atoms with E-state index in [1.807, 2.05) is 42.5 Å². The lowest BCUT2D eigenvalue weighted by Crippen LogP contribution is -2.33. The summed E-state index contributed by atoms with van der Waals surface area (Å²) in [7, 11) is 0. The lowest BCUT2D eigenvalue weighted by atomic mass is 10.1. The number of carbonyl (C=O) groups is 3. The molecule has 0 unspecified atom stereocenters. The second-order valence-corrected chi connectivity index (χ2v) is 8.13. The fraction of sp³-hybridized carbons (Fsp3) is 0.0769. The lowest BCUT2D eigenvalue weighted by molar-refractivity contribution is -0.117. The van der Waals surface area contributed by atoms with E-state index in [1.54, 1.807) is 47.1 Å². The summed E-state index contributed by atoms with van der Waals surface area (Å²) in [5.41, 5.74) is 8.84. The first-order valence-corrected chi connectivity index (χ1v) is 11.1. The number of nitrogens with one attached hydrogen (secondary N) is 2. The van der Waals surface area contributed by atoms with Crippen LogP contribution in [0.4, 0.5) is 0 Å². The van der Waals surface area contributed by atoms with E-state index in [0.717, 1.165) is 16.8 Å². The Morgan fingerprint density at radius 2 is 1.54 bits per heavy atom. The van der Waals surface area contributed by atoms with Crippen molar-refractivity contribution in [2.24, 2.45) is 5.73 Å². The van der Waals surface area contributed by atoms with Crippen LogP contribution in [0.3, 0.4) is 0 Å². The first-order chi connectivity index (χ1) is 16.9. The Labute approximate surface area is 206 Å². The maximum atomic E-state index is 13.1. The van der Waals surface area contributed by atoms with Crippen molar-refractivity contribution in [3.8, 4) is 16.9 Å². The Hall–Kier alpha value is -4.43. The topological polar surface area (TPSA) is 119 Å². The van der Waals surface area contributed by atoms with E-state index in [1.165, 1.54) is 0 Å². The summed E-state index contributed by atoms with van der Waals surface area (Å²) in [5, 5.41) is 10.6. The average Bonchev–Trinajstić information content (AvgIpc) is 3.33. The maximum absolute atomic E-state index is 13.1. The molecule has 1 heterocycles. The van der Waals surface area contributed by atoms with Crippen molar-refractivity contribution in [1.29, 1.82) is 0 Å². The summed E-state index contributed by atoms with van der Waals surface area (Å²) >= 11 is 6.01. The lowest BCUT2D eigenvalue weighted by Gasteiger charge is -2.09. The maximum Gasteiger partial charge on any atom is 0.270 e. The number of amides is 3. The molecule has 0 aliphatic rings. The highest BCUT2D eigenvalue weighted by Crippen LogP contribution is 2.23. The fourth-order valence-electron chi connectivity index (χ4n) is 3.39. The van der Waals surface area contributed by atoms with Crippen LogP contribution in [0.2, 0.25) is 5.02 Å². The van der Waals surface area contributed by atoms with E-state index in [9.17, 15) is 14.4 Å². The van der Waals surface area contributed by atoms with E-state index >= 15 is 0 Å². The Kier molecular flexibility index (Phi) is 7.23. The number of para-hydroxylation sites is 1. The predicted molar refractivity (Wildman–Crippen MR) is 133 cm³/mol. The first kappa shape index (κ1) is 23.7. The molecule has 3 aromatic carbocycles. The molecule has 0 saturated heterocycles. The minimum absolute atomic E-state index is 0.232. The summed E-state index contributed by atoms with van der Waals surface area (Å²) < 4.78 is 1.60. The molecule has 0 saturated carbocycles. The highest BCUT2D eigenvalue weighted by Gasteiger charge is 2.18. The van der Waals surface area contributed by atoms with Gasteiger partial charge in [-0.25, -0.2) is 4.68 Å². The largest absolute Gasteiger partial charge is 0.368 e. The minimum Gasteiger partial charge on any atom is -0.368 e. The number of aromatic nitrogens is 2. The molecule has 0 spiro atoms. The smallest absolute Gasteiger partial charge is 0.270 e. The SMILES string of the molecule is NC(=O)CNC(=O)c1ccc(CNC(=O)c2cc(-c3ccc(Cl)cc3)nn2-c2ccccc2)cc1. The van der Waals surface area contributed by atoms with Gasteiger partial charge in [-0.15, -0.1) is 0 Å². The van der Waals surface area contributed by atoms with Gasteiger partial charge in [0.05, 0.1) is 17.9 Å². The van der Waals surface area contributed by atoms with Crippen molar-refractivity contribution in [1.82, 2.24) is 20.4 Å². The van der Waals surface area contributed by atoms with Crippen LogP contribution in [-0.2, 0) is 11.3 Å². The van der Waals surface area contributed by atoms with Crippen molar-refractivity contribution < 1.29 is 14.4 Å². The molecule has 9 heteroatoms.